The average Bonchev–Trinajstić information content (AvgIpc) is 3.55. The summed E-state index contributed by atoms with van der Waals surface area (Å²) in [5, 5.41) is 0. The zero-order valence-electron chi connectivity index (χ0n) is 17.1. The van der Waals surface area contributed by atoms with Crippen molar-refractivity contribution in [3.05, 3.63) is 65.2 Å². The second-order valence-corrected chi connectivity index (χ2v) is 7.51. The van der Waals surface area contributed by atoms with E-state index < -0.39 is 0 Å². The predicted octanol–water partition coefficient (Wildman–Crippen LogP) is 5.03. The minimum Gasteiger partial charge on any atom is -0.493 e. The topological polar surface area (TPSA) is 38.8 Å². The van der Waals surface area contributed by atoms with Crippen LogP contribution in [0.25, 0.3) is 6.08 Å². The van der Waals surface area contributed by atoms with Crippen LogP contribution < -0.4 is 9.47 Å². The molecule has 4 nitrogen and oxygen atoms in total. The number of carbonyl (C=O) groups is 1. The zero-order valence-corrected chi connectivity index (χ0v) is 17.1. The van der Waals surface area contributed by atoms with Gasteiger partial charge in [0.15, 0.2) is 11.5 Å². The highest BCUT2D eigenvalue weighted by molar-refractivity contribution is 5.92. The summed E-state index contributed by atoms with van der Waals surface area (Å²) in [6.45, 7) is 5.01. The lowest BCUT2D eigenvalue weighted by molar-refractivity contribution is -0.127. The molecule has 0 aliphatic heterocycles. The first-order valence-corrected chi connectivity index (χ1v) is 9.82. The van der Waals surface area contributed by atoms with Gasteiger partial charge in [-0.2, -0.15) is 0 Å². The molecular weight excluding hydrogens is 350 g/mol. The van der Waals surface area contributed by atoms with Gasteiger partial charge in [0.2, 0.25) is 5.91 Å². The number of carbonyl (C=O) groups excluding carboxylic acids is 1. The third-order valence-corrected chi connectivity index (χ3v) is 5.11. The molecule has 0 N–H and O–H groups in total. The Bertz CT molecular complexity index is 835. The molecule has 0 heterocycles. The van der Waals surface area contributed by atoms with Crippen molar-refractivity contribution in [2.24, 2.45) is 0 Å². The number of rotatable bonds is 8. The normalized spacial score (nSPS) is 13.8. The molecule has 148 valence electrons. The average molecular weight is 380 g/mol. The Kier molecular flexibility index (Phi) is 6.40. The molecular formula is C24H29NO3. The van der Waals surface area contributed by atoms with Gasteiger partial charge in [-0.25, -0.2) is 0 Å². The fourth-order valence-corrected chi connectivity index (χ4v) is 3.28. The van der Waals surface area contributed by atoms with Gasteiger partial charge in [0.1, 0.15) is 0 Å². The molecule has 1 aliphatic carbocycles. The minimum absolute atomic E-state index is 0.0281. The van der Waals surface area contributed by atoms with Crippen LogP contribution in [0.1, 0.15) is 49.3 Å². The Morgan fingerprint density at radius 3 is 2.39 bits per heavy atom. The number of amides is 1. The number of nitrogens with zero attached hydrogens (tertiary/aromatic N) is 1. The van der Waals surface area contributed by atoms with E-state index in [0.29, 0.717) is 30.0 Å². The molecule has 0 unspecified atom stereocenters. The number of ether oxygens (including phenoxy) is 2. The third kappa shape index (κ3) is 4.75. The maximum absolute atomic E-state index is 12.9. The second kappa shape index (κ2) is 8.96. The first kappa shape index (κ1) is 20.0. The van der Waals surface area contributed by atoms with E-state index in [0.717, 1.165) is 24.0 Å². The summed E-state index contributed by atoms with van der Waals surface area (Å²) in [5.41, 5.74) is 3.31. The molecule has 0 radical (unpaired) electrons. The van der Waals surface area contributed by atoms with Gasteiger partial charge in [-0.05, 0) is 42.0 Å². The number of para-hydroxylation sites is 1. The minimum atomic E-state index is 0.0281. The van der Waals surface area contributed by atoms with Crippen LogP contribution in [-0.4, -0.2) is 31.1 Å². The summed E-state index contributed by atoms with van der Waals surface area (Å²) in [6.07, 6.45) is 5.59. The number of methoxy groups -OCH3 is 2. The summed E-state index contributed by atoms with van der Waals surface area (Å²) >= 11 is 0. The van der Waals surface area contributed by atoms with Crippen LogP contribution in [0.2, 0.25) is 0 Å². The van der Waals surface area contributed by atoms with E-state index in [1.165, 1.54) is 5.56 Å². The molecule has 0 bridgehead atoms. The lowest BCUT2D eigenvalue weighted by Crippen LogP contribution is -2.31. The number of hydrogen-bond donors (Lipinski definition) is 0. The van der Waals surface area contributed by atoms with Gasteiger partial charge in [0.05, 0.1) is 14.2 Å². The van der Waals surface area contributed by atoms with Crippen molar-refractivity contribution in [1.82, 2.24) is 4.90 Å². The van der Waals surface area contributed by atoms with Crippen molar-refractivity contribution < 1.29 is 14.3 Å². The molecule has 0 atom stereocenters. The van der Waals surface area contributed by atoms with Crippen LogP contribution in [0.15, 0.2) is 48.5 Å². The van der Waals surface area contributed by atoms with E-state index >= 15 is 0 Å². The highest BCUT2D eigenvalue weighted by Gasteiger charge is 2.31. The first-order chi connectivity index (χ1) is 13.5. The van der Waals surface area contributed by atoms with Crippen molar-refractivity contribution in [2.45, 2.75) is 45.2 Å². The third-order valence-electron chi connectivity index (χ3n) is 5.11. The summed E-state index contributed by atoms with van der Waals surface area (Å²) in [6, 6.07) is 14.6. The zero-order chi connectivity index (χ0) is 20.1. The standard InChI is InChI=1S/C24H29NO3/c1-17(2)19-10-8-18(9-11-19)16-25(21-13-14-21)23(26)15-12-20-6-5-7-22(27-3)24(20)28-4/h5-12,15,17,21H,13-14,16H2,1-4H3/b15-12+. The molecule has 0 spiro atoms. The molecule has 1 amide bonds. The van der Waals surface area contributed by atoms with Crippen LogP contribution in [0.3, 0.4) is 0 Å². The lowest BCUT2D eigenvalue weighted by Gasteiger charge is -2.21. The van der Waals surface area contributed by atoms with E-state index in [1.54, 1.807) is 26.4 Å². The van der Waals surface area contributed by atoms with Crippen molar-refractivity contribution in [3.8, 4) is 11.5 Å². The summed E-state index contributed by atoms with van der Waals surface area (Å²) < 4.78 is 10.8. The van der Waals surface area contributed by atoms with Gasteiger partial charge < -0.3 is 14.4 Å². The predicted molar refractivity (Wildman–Crippen MR) is 113 cm³/mol. The summed E-state index contributed by atoms with van der Waals surface area (Å²) in [7, 11) is 3.21. The molecule has 1 fully saturated rings. The number of benzene rings is 2. The molecule has 3 rings (SSSR count). The summed E-state index contributed by atoms with van der Waals surface area (Å²) in [5.74, 6) is 1.83. The maximum Gasteiger partial charge on any atom is 0.247 e. The van der Waals surface area contributed by atoms with Crippen LogP contribution in [0.4, 0.5) is 0 Å². The van der Waals surface area contributed by atoms with Gasteiger partial charge in [-0.3, -0.25) is 4.79 Å². The Labute approximate surface area is 167 Å². The van der Waals surface area contributed by atoms with Gasteiger partial charge >= 0.3 is 0 Å². The van der Waals surface area contributed by atoms with E-state index in [4.69, 9.17) is 9.47 Å². The van der Waals surface area contributed by atoms with E-state index in [2.05, 4.69) is 38.1 Å². The van der Waals surface area contributed by atoms with Crippen LogP contribution in [-0.2, 0) is 11.3 Å². The molecule has 0 aromatic heterocycles. The second-order valence-electron chi connectivity index (χ2n) is 7.51. The molecule has 1 saturated carbocycles. The van der Waals surface area contributed by atoms with Crippen molar-refractivity contribution in [3.63, 3.8) is 0 Å². The molecule has 4 heteroatoms. The number of hydrogen-bond acceptors (Lipinski definition) is 3. The van der Waals surface area contributed by atoms with Gasteiger partial charge in [0.25, 0.3) is 0 Å². The molecule has 1 aliphatic rings. The van der Waals surface area contributed by atoms with Crippen molar-refractivity contribution >= 4 is 12.0 Å². The highest BCUT2D eigenvalue weighted by Crippen LogP contribution is 2.32. The van der Waals surface area contributed by atoms with Crippen LogP contribution in [0, 0.1) is 0 Å². The van der Waals surface area contributed by atoms with E-state index in [9.17, 15) is 4.79 Å². The SMILES string of the molecule is COc1cccc(/C=C/C(=O)N(Cc2ccc(C(C)C)cc2)C2CC2)c1OC. The van der Waals surface area contributed by atoms with Gasteiger partial charge in [-0.1, -0.05) is 50.2 Å². The Balaban J connectivity index is 1.74. The smallest absolute Gasteiger partial charge is 0.247 e. The lowest BCUT2D eigenvalue weighted by atomic mass is 10.0. The molecule has 2 aromatic carbocycles. The van der Waals surface area contributed by atoms with E-state index in [-0.39, 0.29) is 5.91 Å². The molecule has 28 heavy (non-hydrogen) atoms. The monoisotopic (exact) mass is 379 g/mol. The van der Waals surface area contributed by atoms with Gasteiger partial charge in [-0.15, -0.1) is 0 Å². The quantitative estimate of drug-likeness (QED) is 0.604. The van der Waals surface area contributed by atoms with Crippen LogP contribution in [0.5, 0.6) is 11.5 Å². The fraction of sp³-hybridized carbons (Fsp3) is 0.375. The molecule has 0 saturated heterocycles. The first-order valence-electron chi connectivity index (χ1n) is 9.82. The maximum atomic E-state index is 12.9. The fourth-order valence-electron chi connectivity index (χ4n) is 3.28. The van der Waals surface area contributed by atoms with Crippen molar-refractivity contribution in [1.29, 1.82) is 0 Å². The highest BCUT2D eigenvalue weighted by atomic mass is 16.5. The van der Waals surface area contributed by atoms with E-state index in [1.807, 2.05) is 23.1 Å². The van der Waals surface area contributed by atoms with Crippen molar-refractivity contribution in [2.75, 3.05) is 14.2 Å². The molecule has 2 aromatic rings. The summed E-state index contributed by atoms with van der Waals surface area (Å²) in [4.78, 5) is 14.9. The Hall–Kier alpha value is -2.75. The Morgan fingerprint density at radius 1 is 1.11 bits per heavy atom. The van der Waals surface area contributed by atoms with Crippen LogP contribution >= 0.6 is 0 Å². The Morgan fingerprint density at radius 2 is 1.82 bits per heavy atom. The van der Waals surface area contributed by atoms with Gasteiger partial charge in [0, 0.05) is 24.2 Å². The largest absolute Gasteiger partial charge is 0.493 e.